The number of carbonyl (C=O) groups is 2. The van der Waals surface area contributed by atoms with Crippen molar-refractivity contribution in [2.45, 2.75) is 58.0 Å². The second kappa shape index (κ2) is 11.8. The summed E-state index contributed by atoms with van der Waals surface area (Å²) in [6.07, 6.45) is -2.13. The highest BCUT2D eigenvalue weighted by atomic mass is 19.4. The number of aliphatic hydroxyl groups excluding tert-OH is 1. The van der Waals surface area contributed by atoms with Gasteiger partial charge in [-0.25, -0.2) is 4.68 Å². The standard InChI is InChI=1S/C27H29F3N6O3/c1-18(38)5-9-21-16-36(33-32-21)22-10-6-19(7-11-22)15-34(4)26(2,3)25(39)35(17-37)23-12-8-20(14-31)24(13-23)27(28,29)30/h6-8,10-13,16-18,38H,5,9,15H2,1-4H3. The normalized spacial score (nSPS) is 12.7. The van der Waals surface area contributed by atoms with Gasteiger partial charge in [0.1, 0.15) is 0 Å². The van der Waals surface area contributed by atoms with Gasteiger partial charge in [0.25, 0.3) is 5.91 Å². The number of nitrogens with zero attached hydrogens (tertiary/aromatic N) is 6. The molecular weight excluding hydrogens is 513 g/mol. The molecule has 0 fully saturated rings. The number of alkyl halides is 3. The number of aliphatic hydroxyl groups is 1. The van der Waals surface area contributed by atoms with Gasteiger partial charge in [-0.2, -0.15) is 18.4 Å². The minimum Gasteiger partial charge on any atom is -0.393 e. The first-order valence-corrected chi connectivity index (χ1v) is 12.1. The predicted molar refractivity (Wildman–Crippen MR) is 137 cm³/mol. The fourth-order valence-electron chi connectivity index (χ4n) is 3.82. The predicted octanol–water partition coefficient (Wildman–Crippen LogP) is 3.87. The summed E-state index contributed by atoms with van der Waals surface area (Å²) in [5, 5.41) is 26.7. The minimum atomic E-state index is -4.83. The van der Waals surface area contributed by atoms with Crippen molar-refractivity contribution in [3.63, 3.8) is 0 Å². The Hall–Kier alpha value is -4.08. The van der Waals surface area contributed by atoms with E-state index in [2.05, 4.69) is 10.3 Å². The molecule has 0 aliphatic rings. The molecule has 206 valence electrons. The molecule has 12 heteroatoms. The highest BCUT2D eigenvalue weighted by molar-refractivity contribution is 6.11. The first-order valence-electron chi connectivity index (χ1n) is 12.1. The first-order chi connectivity index (χ1) is 18.3. The average Bonchev–Trinajstić information content (AvgIpc) is 3.36. The number of halogens is 3. The maximum absolute atomic E-state index is 13.4. The Morgan fingerprint density at radius 2 is 1.87 bits per heavy atom. The van der Waals surface area contributed by atoms with Gasteiger partial charge in [-0.05, 0) is 76.6 Å². The molecule has 3 rings (SSSR count). The topological polar surface area (TPSA) is 115 Å². The van der Waals surface area contributed by atoms with Crippen LogP contribution in [0.4, 0.5) is 18.9 Å². The quantitative estimate of drug-likeness (QED) is 0.387. The van der Waals surface area contributed by atoms with Crippen molar-refractivity contribution in [3.8, 4) is 11.8 Å². The number of anilines is 1. The summed E-state index contributed by atoms with van der Waals surface area (Å²) in [5.41, 5.74) is -1.04. The molecule has 2 aromatic carbocycles. The van der Waals surface area contributed by atoms with E-state index in [4.69, 9.17) is 5.26 Å². The monoisotopic (exact) mass is 542 g/mol. The first kappa shape index (κ1) is 29.5. The van der Waals surface area contributed by atoms with Crippen LogP contribution in [0.15, 0.2) is 48.7 Å². The Bertz CT molecular complexity index is 1360. The van der Waals surface area contributed by atoms with Gasteiger partial charge < -0.3 is 5.11 Å². The van der Waals surface area contributed by atoms with E-state index in [1.165, 1.54) is 6.07 Å². The van der Waals surface area contributed by atoms with Gasteiger partial charge in [0.15, 0.2) is 0 Å². The lowest BCUT2D eigenvalue weighted by molar-refractivity contribution is -0.138. The lowest BCUT2D eigenvalue weighted by atomic mass is 9.99. The smallest absolute Gasteiger partial charge is 0.393 e. The van der Waals surface area contributed by atoms with Crippen LogP contribution in [0.5, 0.6) is 0 Å². The Balaban J connectivity index is 1.75. The molecule has 2 amide bonds. The van der Waals surface area contributed by atoms with Gasteiger partial charge in [-0.1, -0.05) is 17.3 Å². The van der Waals surface area contributed by atoms with Gasteiger partial charge in [0, 0.05) is 6.54 Å². The molecule has 1 atom stereocenters. The fourth-order valence-corrected chi connectivity index (χ4v) is 3.82. The molecule has 39 heavy (non-hydrogen) atoms. The Labute approximate surface area is 224 Å². The van der Waals surface area contributed by atoms with Gasteiger partial charge in [-0.3, -0.25) is 19.4 Å². The zero-order valence-corrected chi connectivity index (χ0v) is 22.0. The van der Waals surface area contributed by atoms with Crippen LogP contribution in [-0.4, -0.2) is 56.0 Å². The van der Waals surface area contributed by atoms with Crippen molar-refractivity contribution in [3.05, 3.63) is 71.0 Å². The molecule has 1 N–H and O–H groups in total. The Morgan fingerprint density at radius 3 is 2.44 bits per heavy atom. The summed E-state index contributed by atoms with van der Waals surface area (Å²) in [4.78, 5) is 27.5. The summed E-state index contributed by atoms with van der Waals surface area (Å²) < 4.78 is 41.9. The van der Waals surface area contributed by atoms with Crippen LogP contribution in [0, 0.1) is 11.3 Å². The van der Waals surface area contributed by atoms with E-state index < -0.39 is 34.9 Å². The van der Waals surface area contributed by atoms with Crippen LogP contribution in [0.2, 0.25) is 0 Å². The van der Waals surface area contributed by atoms with E-state index in [1.807, 2.05) is 24.3 Å². The number of imide groups is 1. The molecule has 0 radical (unpaired) electrons. The second-order valence-electron chi connectivity index (χ2n) is 9.74. The highest BCUT2D eigenvalue weighted by Crippen LogP contribution is 2.35. The van der Waals surface area contributed by atoms with Crippen LogP contribution in [0.25, 0.3) is 5.69 Å². The lowest BCUT2D eigenvalue weighted by Gasteiger charge is -2.36. The molecule has 9 nitrogen and oxygen atoms in total. The van der Waals surface area contributed by atoms with Gasteiger partial charge in [0.05, 0.1) is 52.1 Å². The van der Waals surface area contributed by atoms with Crippen molar-refractivity contribution < 1.29 is 27.9 Å². The van der Waals surface area contributed by atoms with E-state index in [0.29, 0.717) is 30.4 Å². The number of rotatable bonds is 10. The van der Waals surface area contributed by atoms with Crippen LogP contribution in [0.3, 0.4) is 0 Å². The summed E-state index contributed by atoms with van der Waals surface area (Å²) in [6.45, 7) is 5.14. The molecule has 0 saturated carbocycles. The number of amides is 2. The van der Waals surface area contributed by atoms with Crippen molar-refractivity contribution >= 4 is 18.0 Å². The van der Waals surface area contributed by atoms with Gasteiger partial charge in [-0.15, -0.1) is 5.10 Å². The average molecular weight is 543 g/mol. The van der Waals surface area contributed by atoms with E-state index in [1.54, 1.807) is 43.6 Å². The van der Waals surface area contributed by atoms with Crippen LogP contribution < -0.4 is 4.90 Å². The molecule has 1 heterocycles. The number of benzene rings is 2. The lowest BCUT2D eigenvalue weighted by Crippen LogP contribution is -2.54. The van der Waals surface area contributed by atoms with Crippen LogP contribution in [-0.2, 0) is 28.7 Å². The molecule has 3 aromatic rings. The number of aryl methyl sites for hydroxylation is 1. The Morgan fingerprint density at radius 1 is 1.21 bits per heavy atom. The molecule has 0 aliphatic carbocycles. The molecule has 1 unspecified atom stereocenters. The van der Waals surface area contributed by atoms with Crippen molar-refractivity contribution in [1.82, 2.24) is 19.9 Å². The number of likely N-dealkylation sites (N-methyl/N-ethyl adjacent to an activating group) is 1. The SMILES string of the molecule is CC(O)CCc1cn(-c2ccc(CN(C)C(C)(C)C(=O)N(C=O)c3ccc(C#N)c(C(F)(F)F)c3)cc2)nn1. The third kappa shape index (κ3) is 6.87. The van der Waals surface area contributed by atoms with E-state index in [-0.39, 0.29) is 12.1 Å². The molecule has 0 bridgehead atoms. The van der Waals surface area contributed by atoms with Crippen molar-refractivity contribution in [1.29, 1.82) is 5.26 Å². The van der Waals surface area contributed by atoms with E-state index in [0.717, 1.165) is 29.1 Å². The van der Waals surface area contributed by atoms with Crippen molar-refractivity contribution in [2.24, 2.45) is 0 Å². The summed E-state index contributed by atoms with van der Waals surface area (Å²) >= 11 is 0. The molecular formula is C27H29F3N6O3. The largest absolute Gasteiger partial charge is 0.417 e. The summed E-state index contributed by atoms with van der Waals surface area (Å²) in [7, 11) is 1.67. The second-order valence-corrected chi connectivity index (χ2v) is 9.74. The number of carbonyl (C=O) groups excluding carboxylic acids is 2. The van der Waals surface area contributed by atoms with E-state index in [9.17, 15) is 27.9 Å². The molecule has 0 aliphatic heterocycles. The number of hydrogen-bond donors (Lipinski definition) is 1. The maximum atomic E-state index is 13.4. The number of hydrogen-bond acceptors (Lipinski definition) is 7. The summed E-state index contributed by atoms with van der Waals surface area (Å²) in [5.74, 6) is -0.734. The van der Waals surface area contributed by atoms with Crippen molar-refractivity contribution in [2.75, 3.05) is 11.9 Å². The zero-order valence-electron chi connectivity index (χ0n) is 22.0. The zero-order chi connectivity index (χ0) is 29.0. The third-order valence-electron chi connectivity index (χ3n) is 6.49. The highest BCUT2D eigenvalue weighted by Gasteiger charge is 2.39. The van der Waals surface area contributed by atoms with Crippen LogP contribution >= 0.6 is 0 Å². The number of nitriles is 1. The molecule has 1 aromatic heterocycles. The third-order valence-corrected chi connectivity index (χ3v) is 6.49. The molecule has 0 spiro atoms. The fraction of sp³-hybridized carbons (Fsp3) is 0.370. The van der Waals surface area contributed by atoms with Gasteiger partial charge >= 0.3 is 6.18 Å². The Kier molecular flexibility index (Phi) is 8.88. The van der Waals surface area contributed by atoms with Gasteiger partial charge in [0.2, 0.25) is 6.41 Å². The van der Waals surface area contributed by atoms with E-state index >= 15 is 0 Å². The number of aromatic nitrogens is 3. The van der Waals surface area contributed by atoms with Crippen LogP contribution in [0.1, 0.15) is 49.6 Å². The summed E-state index contributed by atoms with van der Waals surface area (Å²) in [6, 6.07) is 11.5. The minimum absolute atomic E-state index is 0.168. The maximum Gasteiger partial charge on any atom is 0.417 e. The molecule has 0 saturated heterocycles.